The molecule has 0 radical (unpaired) electrons. The molecule has 3 heteroatoms. The van der Waals surface area contributed by atoms with E-state index < -0.39 is 0 Å². The molecule has 4 atom stereocenters. The summed E-state index contributed by atoms with van der Waals surface area (Å²) < 4.78 is 0. The second-order valence-electron chi connectivity index (χ2n) is 7.25. The Morgan fingerprint density at radius 2 is 1.62 bits per heavy atom. The molecule has 0 bridgehead atoms. The third-order valence-corrected chi connectivity index (χ3v) is 6.51. The van der Waals surface area contributed by atoms with Crippen molar-refractivity contribution < 1.29 is 4.79 Å². The Bertz CT molecular complexity index is 800. The van der Waals surface area contributed by atoms with Crippen LogP contribution in [0.5, 0.6) is 0 Å². The molecule has 0 heterocycles. The number of amides is 1. The number of hydrogen-bond donors (Lipinski definition) is 1. The van der Waals surface area contributed by atoms with Crippen LogP contribution in [0, 0.1) is 17.3 Å². The molecule has 0 spiro atoms. The quantitative estimate of drug-likeness (QED) is 0.681. The number of nitrogens with one attached hydrogen (secondary N) is 1. The van der Waals surface area contributed by atoms with E-state index in [1.807, 2.05) is 36.4 Å². The third kappa shape index (κ3) is 1.52. The minimum absolute atomic E-state index is 0.110. The van der Waals surface area contributed by atoms with Crippen LogP contribution in [-0.2, 0) is 10.2 Å². The molecule has 2 unspecified atom stereocenters. The Morgan fingerprint density at radius 3 is 2.29 bits per heavy atom. The van der Waals surface area contributed by atoms with Crippen molar-refractivity contribution >= 4 is 12.1 Å². The minimum Gasteiger partial charge on any atom is -0.272 e. The first-order valence-electron chi connectivity index (χ1n) is 8.77. The van der Waals surface area contributed by atoms with Crippen molar-refractivity contribution in [2.45, 2.75) is 24.7 Å². The summed E-state index contributed by atoms with van der Waals surface area (Å²) in [6, 6.07) is 20.5. The standard InChI is InChI=1S/C21H20N2O/c24-19(23-22-14-15-8-3-1-4-9-15)21-17-12-7-13-18(21)20(17,21)16-10-5-2-6-11-16/h1-6,8-11,14,17-18H,7,12-13H2,(H,23,24)/b22-14+/t17-,18+,20?,21?. The number of rotatable bonds is 4. The number of benzene rings is 2. The Morgan fingerprint density at radius 1 is 1.00 bits per heavy atom. The molecule has 0 aromatic heterocycles. The molecule has 0 aliphatic heterocycles. The fourth-order valence-electron chi connectivity index (χ4n) is 5.69. The fraction of sp³-hybridized carbons (Fsp3) is 0.333. The van der Waals surface area contributed by atoms with Crippen LogP contribution in [0.15, 0.2) is 65.8 Å². The van der Waals surface area contributed by atoms with Gasteiger partial charge in [-0.05, 0) is 35.8 Å². The van der Waals surface area contributed by atoms with Crippen LogP contribution in [0.2, 0.25) is 0 Å². The van der Waals surface area contributed by atoms with E-state index in [0.717, 1.165) is 5.56 Å². The summed E-state index contributed by atoms with van der Waals surface area (Å²) in [5.41, 5.74) is 5.10. The lowest BCUT2D eigenvalue weighted by Crippen LogP contribution is -2.31. The van der Waals surface area contributed by atoms with Crippen LogP contribution in [-0.4, -0.2) is 12.1 Å². The molecule has 120 valence electrons. The normalized spacial score (nSPS) is 35.3. The second-order valence-corrected chi connectivity index (χ2v) is 7.25. The highest BCUT2D eigenvalue weighted by atomic mass is 16.2. The molecule has 1 N–H and O–H groups in total. The van der Waals surface area contributed by atoms with Gasteiger partial charge in [0.2, 0.25) is 5.91 Å². The van der Waals surface area contributed by atoms with Gasteiger partial charge in [-0.1, -0.05) is 67.1 Å². The van der Waals surface area contributed by atoms with Crippen molar-refractivity contribution in [3.63, 3.8) is 0 Å². The first-order chi connectivity index (χ1) is 11.8. The van der Waals surface area contributed by atoms with Gasteiger partial charge in [0, 0.05) is 5.41 Å². The van der Waals surface area contributed by atoms with Crippen molar-refractivity contribution in [1.29, 1.82) is 0 Å². The van der Waals surface area contributed by atoms with E-state index in [1.165, 1.54) is 24.8 Å². The van der Waals surface area contributed by atoms with Gasteiger partial charge in [-0.25, -0.2) is 5.43 Å². The van der Waals surface area contributed by atoms with Crippen LogP contribution in [0.3, 0.4) is 0 Å². The molecule has 2 aromatic rings. The number of carbonyl (C=O) groups is 1. The van der Waals surface area contributed by atoms with E-state index in [-0.39, 0.29) is 16.7 Å². The summed E-state index contributed by atoms with van der Waals surface area (Å²) in [7, 11) is 0. The highest BCUT2D eigenvalue weighted by Crippen LogP contribution is 2.97. The number of hydrogen-bond acceptors (Lipinski definition) is 2. The number of hydrazone groups is 1. The Balaban J connectivity index is 1.38. The largest absolute Gasteiger partial charge is 0.272 e. The van der Waals surface area contributed by atoms with Gasteiger partial charge in [-0.15, -0.1) is 0 Å². The lowest BCUT2D eigenvalue weighted by Gasteiger charge is -2.27. The zero-order valence-corrected chi connectivity index (χ0v) is 13.5. The van der Waals surface area contributed by atoms with Crippen LogP contribution in [0.25, 0.3) is 0 Å². The van der Waals surface area contributed by atoms with E-state index in [2.05, 4.69) is 34.8 Å². The molecule has 3 saturated carbocycles. The lowest BCUT2D eigenvalue weighted by atomic mass is 9.77. The van der Waals surface area contributed by atoms with Crippen molar-refractivity contribution in [3.05, 3.63) is 71.8 Å². The zero-order valence-electron chi connectivity index (χ0n) is 13.5. The molecule has 5 rings (SSSR count). The summed E-state index contributed by atoms with van der Waals surface area (Å²) in [5, 5.41) is 4.20. The predicted molar refractivity (Wildman–Crippen MR) is 93.6 cm³/mol. The molecule has 3 aliphatic carbocycles. The zero-order chi connectivity index (χ0) is 16.2. The highest BCUT2D eigenvalue weighted by molar-refractivity contribution is 5.97. The monoisotopic (exact) mass is 316 g/mol. The Kier molecular flexibility index (Phi) is 2.79. The summed E-state index contributed by atoms with van der Waals surface area (Å²) in [5.74, 6) is 1.14. The van der Waals surface area contributed by atoms with E-state index in [4.69, 9.17) is 0 Å². The molecular weight excluding hydrogens is 296 g/mol. The van der Waals surface area contributed by atoms with E-state index in [9.17, 15) is 4.79 Å². The first kappa shape index (κ1) is 14.0. The van der Waals surface area contributed by atoms with E-state index in [1.54, 1.807) is 6.21 Å². The Labute approximate surface area is 141 Å². The summed E-state index contributed by atoms with van der Waals surface area (Å²) >= 11 is 0. The molecule has 2 aromatic carbocycles. The third-order valence-electron chi connectivity index (χ3n) is 6.51. The van der Waals surface area contributed by atoms with Gasteiger partial charge in [0.15, 0.2) is 0 Å². The average Bonchev–Trinajstić information content (AvgIpc) is 3.50. The molecule has 1 amide bonds. The summed E-state index contributed by atoms with van der Waals surface area (Å²) in [4.78, 5) is 12.9. The lowest BCUT2D eigenvalue weighted by molar-refractivity contribution is -0.126. The molecule has 3 aliphatic rings. The number of carbonyl (C=O) groups excluding carboxylic acids is 1. The maximum atomic E-state index is 12.9. The van der Waals surface area contributed by atoms with Crippen molar-refractivity contribution in [1.82, 2.24) is 5.43 Å². The number of nitrogens with zero attached hydrogens (tertiary/aromatic N) is 1. The van der Waals surface area contributed by atoms with E-state index >= 15 is 0 Å². The minimum atomic E-state index is -0.180. The molecule has 3 fully saturated rings. The fourth-order valence-corrected chi connectivity index (χ4v) is 5.69. The average molecular weight is 316 g/mol. The van der Waals surface area contributed by atoms with Gasteiger partial charge in [-0.3, -0.25) is 4.79 Å². The van der Waals surface area contributed by atoms with Gasteiger partial charge in [0.25, 0.3) is 0 Å². The Hall–Kier alpha value is -2.42. The molecule has 0 saturated heterocycles. The van der Waals surface area contributed by atoms with Gasteiger partial charge < -0.3 is 0 Å². The highest BCUT2D eigenvalue weighted by Gasteiger charge is 3.01. The summed E-state index contributed by atoms with van der Waals surface area (Å²) in [6.45, 7) is 0. The van der Waals surface area contributed by atoms with E-state index in [0.29, 0.717) is 11.8 Å². The van der Waals surface area contributed by atoms with Crippen molar-refractivity contribution in [2.75, 3.05) is 0 Å². The van der Waals surface area contributed by atoms with Crippen LogP contribution >= 0.6 is 0 Å². The summed E-state index contributed by atoms with van der Waals surface area (Å²) in [6.07, 6.45) is 5.31. The molecular formula is C21H20N2O. The smallest absolute Gasteiger partial charge is 0.247 e. The van der Waals surface area contributed by atoms with Crippen LogP contribution < -0.4 is 5.43 Å². The van der Waals surface area contributed by atoms with Gasteiger partial charge in [0.1, 0.15) is 0 Å². The van der Waals surface area contributed by atoms with Gasteiger partial charge in [-0.2, -0.15) is 5.10 Å². The van der Waals surface area contributed by atoms with Gasteiger partial charge in [0.05, 0.1) is 11.6 Å². The second kappa shape index (κ2) is 4.79. The first-order valence-corrected chi connectivity index (χ1v) is 8.77. The molecule has 24 heavy (non-hydrogen) atoms. The van der Waals surface area contributed by atoms with Gasteiger partial charge >= 0.3 is 0 Å². The topological polar surface area (TPSA) is 41.5 Å². The molecule has 3 nitrogen and oxygen atoms in total. The predicted octanol–water partition coefficient (Wildman–Crippen LogP) is 3.50. The van der Waals surface area contributed by atoms with Crippen LogP contribution in [0.1, 0.15) is 30.4 Å². The van der Waals surface area contributed by atoms with Crippen LogP contribution in [0.4, 0.5) is 0 Å². The maximum Gasteiger partial charge on any atom is 0.247 e. The SMILES string of the molecule is O=C(N/N=C/c1ccccc1)C12[C@H]3CCC[C@@H]1C32c1ccccc1. The van der Waals surface area contributed by atoms with Crippen molar-refractivity contribution in [2.24, 2.45) is 22.4 Å². The number of fused-ring (bicyclic) bond motifs is 2. The maximum absolute atomic E-state index is 12.9. The van der Waals surface area contributed by atoms with Crippen molar-refractivity contribution in [3.8, 4) is 0 Å².